The van der Waals surface area contributed by atoms with E-state index >= 15 is 0 Å². The van der Waals surface area contributed by atoms with Crippen LogP contribution in [-0.4, -0.2) is 35.8 Å². The number of halogens is 3. The standard InChI is InChI=1S/C12H14BrF2NO2S/c1-8-4-9(13)2-3-10(8)19-5-11(18)16-6-12(14,15)7-17/h2-4,17H,5-7H2,1H3,(H,16,18). The van der Waals surface area contributed by atoms with E-state index in [1.807, 2.05) is 25.1 Å². The minimum absolute atomic E-state index is 0.0595. The Balaban J connectivity index is 2.42. The van der Waals surface area contributed by atoms with Gasteiger partial charge >= 0.3 is 0 Å². The first-order chi connectivity index (χ1) is 8.84. The van der Waals surface area contributed by atoms with E-state index in [4.69, 9.17) is 5.11 Å². The Hall–Kier alpha value is -0.660. The molecule has 106 valence electrons. The lowest BCUT2D eigenvalue weighted by Crippen LogP contribution is -2.39. The van der Waals surface area contributed by atoms with Crippen LogP contribution in [0.3, 0.4) is 0 Å². The average molecular weight is 354 g/mol. The summed E-state index contributed by atoms with van der Waals surface area (Å²) in [7, 11) is 0. The highest BCUT2D eigenvalue weighted by Gasteiger charge is 2.28. The lowest BCUT2D eigenvalue weighted by Gasteiger charge is -2.14. The van der Waals surface area contributed by atoms with Crippen LogP contribution in [0.25, 0.3) is 0 Å². The molecule has 1 amide bonds. The Morgan fingerprint density at radius 1 is 1.53 bits per heavy atom. The van der Waals surface area contributed by atoms with Gasteiger partial charge < -0.3 is 10.4 Å². The molecular weight excluding hydrogens is 340 g/mol. The number of thioether (sulfide) groups is 1. The van der Waals surface area contributed by atoms with Crippen LogP contribution in [0.4, 0.5) is 8.78 Å². The molecule has 0 aliphatic heterocycles. The zero-order valence-electron chi connectivity index (χ0n) is 10.3. The number of benzene rings is 1. The van der Waals surface area contributed by atoms with Crippen molar-refractivity contribution in [1.82, 2.24) is 5.32 Å². The van der Waals surface area contributed by atoms with E-state index < -0.39 is 25.0 Å². The Morgan fingerprint density at radius 3 is 2.79 bits per heavy atom. The molecule has 0 aromatic heterocycles. The second kappa shape index (κ2) is 7.21. The van der Waals surface area contributed by atoms with Crippen molar-refractivity contribution in [3.8, 4) is 0 Å². The van der Waals surface area contributed by atoms with Gasteiger partial charge in [-0.25, -0.2) is 8.78 Å². The molecule has 0 aliphatic rings. The lowest BCUT2D eigenvalue weighted by molar-refractivity contribution is -0.121. The number of aliphatic hydroxyl groups excluding tert-OH is 1. The average Bonchev–Trinajstić information content (AvgIpc) is 2.35. The van der Waals surface area contributed by atoms with Gasteiger partial charge in [0, 0.05) is 9.37 Å². The molecular formula is C12H14BrF2NO2S. The first-order valence-electron chi connectivity index (χ1n) is 5.48. The number of hydrogen-bond acceptors (Lipinski definition) is 3. The van der Waals surface area contributed by atoms with Crippen LogP contribution in [0.1, 0.15) is 5.56 Å². The van der Waals surface area contributed by atoms with Gasteiger partial charge in [0.1, 0.15) is 6.61 Å². The molecule has 0 saturated carbocycles. The SMILES string of the molecule is Cc1cc(Br)ccc1SCC(=O)NCC(F)(F)CO. The van der Waals surface area contributed by atoms with Gasteiger partial charge in [0.05, 0.1) is 12.3 Å². The lowest BCUT2D eigenvalue weighted by atomic mass is 10.2. The number of rotatable bonds is 6. The van der Waals surface area contributed by atoms with Crippen LogP contribution in [-0.2, 0) is 4.79 Å². The molecule has 0 bridgehead atoms. The summed E-state index contributed by atoms with van der Waals surface area (Å²) in [4.78, 5) is 12.3. The number of aliphatic hydroxyl groups is 1. The predicted molar refractivity (Wildman–Crippen MR) is 74.6 cm³/mol. The fourth-order valence-electron chi connectivity index (χ4n) is 1.25. The minimum atomic E-state index is -3.27. The molecule has 0 saturated heterocycles. The molecule has 0 fully saturated rings. The van der Waals surface area contributed by atoms with Gasteiger partial charge in [0.25, 0.3) is 5.92 Å². The molecule has 0 radical (unpaired) electrons. The summed E-state index contributed by atoms with van der Waals surface area (Å²) < 4.78 is 26.4. The summed E-state index contributed by atoms with van der Waals surface area (Å²) in [5.41, 5.74) is 1.01. The zero-order valence-corrected chi connectivity index (χ0v) is 12.7. The van der Waals surface area contributed by atoms with Gasteiger partial charge in [-0.3, -0.25) is 4.79 Å². The van der Waals surface area contributed by atoms with Gasteiger partial charge in [-0.05, 0) is 30.7 Å². The van der Waals surface area contributed by atoms with Crippen LogP contribution in [0.15, 0.2) is 27.6 Å². The highest BCUT2D eigenvalue weighted by molar-refractivity contribution is 9.10. The highest BCUT2D eigenvalue weighted by atomic mass is 79.9. The summed E-state index contributed by atoms with van der Waals surface area (Å²) in [6.45, 7) is -0.209. The fourth-order valence-corrected chi connectivity index (χ4v) is 2.57. The Kier molecular flexibility index (Phi) is 6.22. The second-order valence-electron chi connectivity index (χ2n) is 3.99. The third-order valence-electron chi connectivity index (χ3n) is 2.27. The van der Waals surface area contributed by atoms with Gasteiger partial charge in [-0.1, -0.05) is 15.9 Å². The third kappa shape index (κ3) is 5.88. The van der Waals surface area contributed by atoms with Crippen LogP contribution >= 0.6 is 27.7 Å². The largest absolute Gasteiger partial charge is 0.390 e. The van der Waals surface area contributed by atoms with Gasteiger partial charge in [0.2, 0.25) is 5.91 Å². The topological polar surface area (TPSA) is 49.3 Å². The third-order valence-corrected chi connectivity index (χ3v) is 3.94. The molecule has 0 unspecified atom stereocenters. The first kappa shape index (κ1) is 16.4. The maximum Gasteiger partial charge on any atom is 0.287 e. The molecule has 1 aromatic carbocycles. The molecule has 0 aliphatic carbocycles. The van der Waals surface area contributed by atoms with Crippen molar-refractivity contribution in [3.63, 3.8) is 0 Å². The first-order valence-corrected chi connectivity index (χ1v) is 7.26. The molecule has 1 rings (SSSR count). The Bertz CT molecular complexity index is 457. The second-order valence-corrected chi connectivity index (χ2v) is 5.92. The number of hydrogen-bond donors (Lipinski definition) is 2. The summed E-state index contributed by atoms with van der Waals surface area (Å²) in [5.74, 6) is -3.70. The maximum absolute atomic E-state index is 12.7. The summed E-state index contributed by atoms with van der Waals surface area (Å²) >= 11 is 4.62. The number of nitrogens with one attached hydrogen (secondary N) is 1. The monoisotopic (exact) mass is 353 g/mol. The maximum atomic E-state index is 12.7. The van der Waals surface area contributed by atoms with E-state index in [0.717, 1.165) is 14.9 Å². The number of carbonyl (C=O) groups excluding carboxylic acids is 1. The number of alkyl halides is 2. The molecule has 1 aromatic rings. The molecule has 2 N–H and O–H groups in total. The van der Waals surface area contributed by atoms with Crippen molar-refractivity contribution < 1.29 is 18.7 Å². The number of carbonyl (C=O) groups is 1. The highest BCUT2D eigenvalue weighted by Crippen LogP contribution is 2.25. The number of amides is 1. The molecule has 7 heteroatoms. The van der Waals surface area contributed by atoms with E-state index in [1.165, 1.54) is 11.8 Å². The fraction of sp³-hybridized carbons (Fsp3) is 0.417. The Labute approximate surface area is 122 Å². The molecule has 0 atom stereocenters. The van der Waals surface area contributed by atoms with E-state index in [0.29, 0.717) is 0 Å². The van der Waals surface area contributed by atoms with E-state index in [2.05, 4.69) is 21.2 Å². The molecule has 0 heterocycles. The molecule has 3 nitrogen and oxygen atoms in total. The van der Waals surface area contributed by atoms with Crippen molar-refractivity contribution in [2.45, 2.75) is 17.7 Å². The normalized spacial score (nSPS) is 11.4. The van der Waals surface area contributed by atoms with Crippen LogP contribution in [0.5, 0.6) is 0 Å². The van der Waals surface area contributed by atoms with Crippen LogP contribution in [0.2, 0.25) is 0 Å². The minimum Gasteiger partial charge on any atom is -0.390 e. The van der Waals surface area contributed by atoms with Crippen molar-refractivity contribution in [2.75, 3.05) is 18.9 Å². The van der Waals surface area contributed by atoms with Crippen LogP contribution < -0.4 is 5.32 Å². The van der Waals surface area contributed by atoms with E-state index in [1.54, 1.807) is 0 Å². The zero-order chi connectivity index (χ0) is 14.5. The molecule has 19 heavy (non-hydrogen) atoms. The van der Waals surface area contributed by atoms with Crippen molar-refractivity contribution in [3.05, 3.63) is 28.2 Å². The van der Waals surface area contributed by atoms with E-state index in [-0.39, 0.29) is 5.75 Å². The van der Waals surface area contributed by atoms with Crippen molar-refractivity contribution >= 4 is 33.6 Å². The predicted octanol–water partition coefficient (Wildman–Crippen LogP) is 2.59. The van der Waals surface area contributed by atoms with Crippen molar-refractivity contribution in [1.29, 1.82) is 0 Å². The number of aryl methyl sites for hydroxylation is 1. The van der Waals surface area contributed by atoms with Gasteiger partial charge in [-0.15, -0.1) is 11.8 Å². The van der Waals surface area contributed by atoms with Gasteiger partial charge in [0.15, 0.2) is 0 Å². The Morgan fingerprint density at radius 2 is 2.21 bits per heavy atom. The summed E-state index contributed by atoms with van der Waals surface area (Å²) in [6, 6.07) is 5.63. The quantitative estimate of drug-likeness (QED) is 0.773. The summed E-state index contributed by atoms with van der Waals surface area (Å²) in [6.07, 6.45) is 0. The molecule has 0 spiro atoms. The van der Waals surface area contributed by atoms with Gasteiger partial charge in [-0.2, -0.15) is 0 Å². The smallest absolute Gasteiger partial charge is 0.287 e. The van der Waals surface area contributed by atoms with Crippen LogP contribution in [0, 0.1) is 6.92 Å². The van der Waals surface area contributed by atoms with E-state index in [9.17, 15) is 13.6 Å². The van der Waals surface area contributed by atoms with Crippen molar-refractivity contribution in [2.24, 2.45) is 0 Å². The summed E-state index contributed by atoms with van der Waals surface area (Å²) in [5, 5.41) is 10.5.